The molecule has 0 spiro atoms. The minimum absolute atomic E-state index is 0.434. The topological polar surface area (TPSA) is 116 Å². The van der Waals surface area contributed by atoms with E-state index in [1.165, 1.54) is 0 Å². The third-order valence-electron chi connectivity index (χ3n) is 2.51. The van der Waals surface area contributed by atoms with E-state index < -0.39 is 42.7 Å². The van der Waals surface area contributed by atoms with Gasteiger partial charge in [-0.25, -0.2) is 0 Å². The summed E-state index contributed by atoms with van der Waals surface area (Å²) in [4.78, 5) is 11.7. The normalized spacial score (nSPS) is 14.7. The van der Waals surface area contributed by atoms with Gasteiger partial charge in [-0.05, 0) is 5.41 Å². The van der Waals surface area contributed by atoms with Gasteiger partial charge in [-0.3, -0.25) is 4.79 Å². The Morgan fingerprint density at radius 1 is 1.19 bits per heavy atom. The second kappa shape index (κ2) is 5.58. The average Bonchev–Trinajstić information content (AvgIpc) is 2.23. The summed E-state index contributed by atoms with van der Waals surface area (Å²) in [7, 11) is 0. The summed E-state index contributed by atoms with van der Waals surface area (Å²) in [6.07, 6.45) is 0. The van der Waals surface area contributed by atoms with Gasteiger partial charge < -0.3 is 26.4 Å². The highest BCUT2D eigenvalue weighted by atomic mass is 16.3. The van der Waals surface area contributed by atoms with Crippen molar-refractivity contribution >= 4 is 5.91 Å². The minimum Gasteiger partial charge on any atom is -0.394 e. The summed E-state index contributed by atoms with van der Waals surface area (Å²) in [5, 5.41) is 29.5. The highest BCUT2D eigenvalue weighted by Crippen LogP contribution is 2.18. The van der Waals surface area contributed by atoms with Gasteiger partial charge in [0.05, 0.1) is 25.9 Å². The van der Waals surface area contributed by atoms with Gasteiger partial charge in [0.15, 0.2) is 0 Å². The van der Waals surface area contributed by atoms with Crippen molar-refractivity contribution in [3.8, 4) is 0 Å². The van der Waals surface area contributed by atoms with Crippen molar-refractivity contribution in [3.05, 3.63) is 0 Å². The molecule has 0 saturated heterocycles. The van der Waals surface area contributed by atoms with Gasteiger partial charge in [-0.1, -0.05) is 20.8 Å². The molecule has 0 fully saturated rings. The average molecular weight is 234 g/mol. The van der Waals surface area contributed by atoms with Gasteiger partial charge in [0.1, 0.15) is 5.54 Å². The Hall–Kier alpha value is -0.690. The lowest BCUT2D eigenvalue weighted by molar-refractivity contribution is -0.128. The number of amides is 1. The van der Waals surface area contributed by atoms with Gasteiger partial charge in [0.2, 0.25) is 5.91 Å². The molecule has 0 saturated carbocycles. The Morgan fingerprint density at radius 2 is 1.56 bits per heavy atom. The molecule has 6 nitrogen and oxygen atoms in total. The molecule has 0 aromatic heterocycles. The number of nitrogens with two attached hydrogens (primary N) is 1. The van der Waals surface area contributed by atoms with E-state index in [2.05, 4.69) is 5.32 Å². The molecule has 16 heavy (non-hydrogen) atoms. The molecule has 0 aromatic carbocycles. The fourth-order valence-corrected chi connectivity index (χ4v) is 1.00. The predicted octanol–water partition coefficient (Wildman–Crippen LogP) is -1.81. The molecule has 0 bridgehead atoms. The van der Waals surface area contributed by atoms with Crippen LogP contribution in [0.25, 0.3) is 0 Å². The number of hydrogen-bond acceptors (Lipinski definition) is 5. The van der Waals surface area contributed by atoms with E-state index in [0.29, 0.717) is 0 Å². The number of carbonyl (C=O) groups excluding carboxylic acids is 1. The Morgan fingerprint density at radius 3 is 1.81 bits per heavy atom. The summed E-state index contributed by atoms with van der Waals surface area (Å²) < 4.78 is 0. The summed E-state index contributed by atoms with van der Waals surface area (Å²) in [5.41, 5.74) is 3.86. The van der Waals surface area contributed by atoms with Gasteiger partial charge in [-0.15, -0.1) is 0 Å². The summed E-state index contributed by atoms with van der Waals surface area (Å²) >= 11 is 0. The van der Waals surface area contributed by atoms with Crippen LogP contribution in [0.4, 0.5) is 0 Å². The van der Waals surface area contributed by atoms with Gasteiger partial charge >= 0.3 is 0 Å². The van der Waals surface area contributed by atoms with Crippen molar-refractivity contribution < 1.29 is 20.1 Å². The first kappa shape index (κ1) is 15.3. The number of nitrogens with one attached hydrogen (secondary N) is 1. The van der Waals surface area contributed by atoms with E-state index in [4.69, 9.17) is 21.1 Å². The van der Waals surface area contributed by atoms with Crippen molar-refractivity contribution in [1.82, 2.24) is 5.32 Å². The first-order valence-electron chi connectivity index (χ1n) is 5.12. The van der Waals surface area contributed by atoms with Crippen LogP contribution in [0.5, 0.6) is 0 Å². The lowest BCUT2D eigenvalue weighted by atomic mass is 9.86. The van der Waals surface area contributed by atoms with Crippen LogP contribution >= 0.6 is 0 Å². The number of carbonyl (C=O) groups is 1. The zero-order valence-electron chi connectivity index (χ0n) is 10.0. The van der Waals surface area contributed by atoms with Crippen LogP contribution in [0.15, 0.2) is 0 Å². The molecule has 0 aromatic rings. The Kier molecular flexibility index (Phi) is 5.34. The molecule has 0 unspecified atom stereocenters. The van der Waals surface area contributed by atoms with Crippen molar-refractivity contribution in [1.29, 1.82) is 0 Å². The maximum Gasteiger partial charge on any atom is 0.238 e. The van der Waals surface area contributed by atoms with Crippen molar-refractivity contribution in [2.24, 2.45) is 11.1 Å². The molecule has 0 aliphatic rings. The van der Waals surface area contributed by atoms with Crippen LogP contribution in [0.3, 0.4) is 0 Å². The molecule has 1 amide bonds. The lowest BCUT2D eigenvalue weighted by Gasteiger charge is -2.33. The second-order valence-corrected chi connectivity index (χ2v) is 5.09. The standard InChI is InChI=1S/C10H22N2O4/c1-9(2,3)7(11)8(16)12-10(4-13,5-14)6-15/h7,13-15H,4-6,11H2,1-3H3,(H,12,16)/t7-/m1/s1. The Labute approximate surface area is 95.5 Å². The molecule has 6 N–H and O–H groups in total. The molecular weight excluding hydrogens is 212 g/mol. The quantitative estimate of drug-likeness (QED) is 0.384. The summed E-state index contributed by atoms with van der Waals surface area (Å²) in [6.45, 7) is 3.75. The van der Waals surface area contributed by atoms with Crippen molar-refractivity contribution in [2.45, 2.75) is 32.4 Å². The third-order valence-corrected chi connectivity index (χ3v) is 2.51. The highest BCUT2D eigenvalue weighted by Gasteiger charge is 2.35. The molecule has 1 atom stereocenters. The zero-order valence-corrected chi connectivity index (χ0v) is 10.0. The van der Waals surface area contributed by atoms with Crippen LogP contribution in [-0.4, -0.2) is 52.6 Å². The Bertz CT molecular complexity index is 225. The largest absolute Gasteiger partial charge is 0.394 e. The van der Waals surface area contributed by atoms with Crippen LogP contribution in [0, 0.1) is 5.41 Å². The van der Waals surface area contributed by atoms with Crippen LogP contribution in [0.2, 0.25) is 0 Å². The molecule has 0 radical (unpaired) electrons. The maximum atomic E-state index is 11.7. The van der Waals surface area contributed by atoms with E-state index >= 15 is 0 Å². The highest BCUT2D eigenvalue weighted by molar-refractivity contribution is 5.83. The number of aliphatic hydroxyl groups is 3. The smallest absolute Gasteiger partial charge is 0.238 e. The molecule has 0 aliphatic carbocycles. The molecule has 96 valence electrons. The molecular formula is C10H22N2O4. The number of rotatable bonds is 5. The molecule has 0 aliphatic heterocycles. The van der Waals surface area contributed by atoms with E-state index in [1.807, 2.05) is 0 Å². The zero-order chi connectivity index (χ0) is 13.0. The van der Waals surface area contributed by atoms with Crippen LogP contribution < -0.4 is 11.1 Å². The Balaban J connectivity index is 4.65. The minimum atomic E-state index is -1.42. The van der Waals surface area contributed by atoms with E-state index in [-0.39, 0.29) is 0 Å². The van der Waals surface area contributed by atoms with Gasteiger partial charge in [0, 0.05) is 0 Å². The fraction of sp³-hybridized carbons (Fsp3) is 0.900. The number of aliphatic hydroxyl groups excluding tert-OH is 3. The first-order chi connectivity index (χ1) is 7.22. The van der Waals surface area contributed by atoms with Crippen molar-refractivity contribution in [3.63, 3.8) is 0 Å². The molecule has 0 rings (SSSR count). The predicted molar refractivity (Wildman–Crippen MR) is 59.6 cm³/mol. The van der Waals surface area contributed by atoms with E-state index in [0.717, 1.165) is 0 Å². The van der Waals surface area contributed by atoms with Gasteiger partial charge in [-0.2, -0.15) is 0 Å². The third kappa shape index (κ3) is 3.71. The fourth-order valence-electron chi connectivity index (χ4n) is 1.00. The summed E-state index contributed by atoms with van der Waals surface area (Å²) in [6, 6.07) is -0.781. The first-order valence-corrected chi connectivity index (χ1v) is 5.12. The second-order valence-electron chi connectivity index (χ2n) is 5.09. The van der Waals surface area contributed by atoms with Crippen LogP contribution in [-0.2, 0) is 4.79 Å². The number of hydrogen-bond donors (Lipinski definition) is 5. The van der Waals surface area contributed by atoms with E-state index in [1.54, 1.807) is 20.8 Å². The maximum absolute atomic E-state index is 11.7. The lowest BCUT2D eigenvalue weighted by Crippen LogP contribution is -2.62. The molecule has 0 heterocycles. The SMILES string of the molecule is CC(C)(C)[C@H](N)C(=O)NC(CO)(CO)CO. The van der Waals surface area contributed by atoms with E-state index in [9.17, 15) is 4.79 Å². The summed E-state index contributed by atoms with van der Waals surface area (Å²) in [5.74, 6) is -0.510. The monoisotopic (exact) mass is 234 g/mol. The van der Waals surface area contributed by atoms with Crippen LogP contribution in [0.1, 0.15) is 20.8 Å². The van der Waals surface area contributed by atoms with Gasteiger partial charge in [0.25, 0.3) is 0 Å². The van der Waals surface area contributed by atoms with Crippen molar-refractivity contribution in [2.75, 3.05) is 19.8 Å². The molecule has 6 heteroatoms.